The van der Waals surface area contributed by atoms with Crippen LogP contribution in [0.2, 0.25) is 0 Å². The Morgan fingerprint density at radius 2 is 0.780 bits per heavy atom. The van der Waals surface area contributed by atoms with E-state index in [1.807, 2.05) is 0 Å². The molecule has 0 unspecified atom stereocenters. The SMILES string of the molecule is CC(=O)N(O)CCCCCNC(=O)CCC(=O)N(O)CCCCCNC(=O)CCC(=O)N(O)CCCCCN.CCCCCCCCCCCCCCCCCC(=O)O. The summed E-state index contributed by atoms with van der Waals surface area (Å²) in [6.07, 6.45) is 26.0. The molecule has 0 heterocycles. The molecule has 0 aromatic rings. The average molecular weight is 845 g/mol. The molecule has 0 saturated heterocycles. The molecular weight excluding hydrogens is 761 g/mol. The highest BCUT2D eigenvalue weighted by molar-refractivity contribution is 5.83. The van der Waals surface area contributed by atoms with Crippen LogP contribution in [0.25, 0.3) is 0 Å². The van der Waals surface area contributed by atoms with E-state index in [0.29, 0.717) is 79.8 Å². The van der Waals surface area contributed by atoms with Gasteiger partial charge >= 0.3 is 5.97 Å². The molecule has 0 rings (SSSR count). The van der Waals surface area contributed by atoms with Gasteiger partial charge in [0, 0.05) is 71.8 Å². The van der Waals surface area contributed by atoms with Gasteiger partial charge in [-0.2, -0.15) is 0 Å². The van der Waals surface area contributed by atoms with Gasteiger partial charge in [0.05, 0.1) is 0 Å². The minimum atomic E-state index is -0.653. The van der Waals surface area contributed by atoms with Crippen LogP contribution >= 0.6 is 0 Å². The summed E-state index contributed by atoms with van der Waals surface area (Å²) in [6.45, 7) is 5.49. The fraction of sp³-hybridized carbons (Fsp3) is 0.860. The number of carboxylic acid groups (broad SMARTS) is 1. The first-order valence-corrected chi connectivity index (χ1v) is 22.8. The molecule has 0 radical (unpaired) electrons. The Morgan fingerprint density at radius 1 is 0.441 bits per heavy atom. The van der Waals surface area contributed by atoms with Crippen molar-refractivity contribution in [1.29, 1.82) is 0 Å². The Bertz CT molecular complexity index is 1080. The zero-order chi connectivity index (χ0) is 44.4. The van der Waals surface area contributed by atoms with E-state index in [1.54, 1.807) is 0 Å². The van der Waals surface area contributed by atoms with Crippen molar-refractivity contribution in [2.45, 2.75) is 200 Å². The van der Waals surface area contributed by atoms with Gasteiger partial charge in [-0.15, -0.1) is 0 Å². The monoisotopic (exact) mass is 845 g/mol. The maximum Gasteiger partial charge on any atom is 0.303 e. The number of carbonyl (C=O) groups excluding carboxylic acids is 5. The standard InChI is InChI=1S/C25H48N6O8.C18H36O2/c1-21(32)29(37)18-9-3-6-16-27-22(33)12-14-25(36)31(39)20-10-4-7-17-28-23(34)11-13-24(35)30(38)19-8-2-5-15-26;1-2-3-4-5-6-7-8-9-10-11-12-13-14-15-16-17-18(19)20/h37-39H,2-20,26H2,1H3,(H,27,33)(H,28,34);2-17H2,1H3,(H,19,20). The lowest BCUT2D eigenvalue weighted by atomic mass is 10.0. The third-order valence-corrected chi connectivity index (χ3v) is 9.88. The van der Waals surface area contributed by atoms with Crippen LogP contribution in [0.5, 0.6) is 0 Å². The number of hydrogen-bond donors (Lipinski definition) is 7. The second kappa shape index (κ2) is 42.8. The molecule has 0 aliphatic carbocycles. The smallest absolute Gasteiger partial charge is 0.303 e. The molecule has 0 spiro atoms. The van der Waals surface area contributed by atoms with Gasteiger partial charge in [-0.25, -0.2) is 15.2 Å². The predicted octanol–water partition coefficient (Wildman–Crippen LogP) is 7.25. The first-order chi connectivity index (χ1) is 28.3. The van der Waals surface area contributed by atoms with Gasteiger partial charge in [-0.05, 0) is 64.3 Å². The molecule has 59 heavy (non-hydrogen) atoms. The van der Waals surface area contributed by atoms with Gasteiger partial charge in [0.15, 0.2) is 0 Å². The van der Waals surface area contributed by atoms with Crippen molar-refractivity contribution in [2.75, 3.05) is 39.3 Å². The van der Waals surface area contributed by atoms with Crippen molar-refractivity contribution in [2.24, 2.45) is 5.73 Å². The van der Waals surface area contributed by atoms with E-state index in [2.05, 4.69) is 17.6 Å². The molecule has 346 valence electrons. The van der Waals surface area contributed by atoms with Gasteiger partial charge in [0.25, 0.3) is 0 Å². The van der Waals surface area contributed by atoms with Crippen LogP contribution in [0, 0.1) is 0 Å². The number of hydroxylamine groups is 6. The van der Waals surface area contributed by atoms with Gasteiger partial charge < -0.3 is 21.5 Å². The molecule has 0 aromatic carbocycles. The van der Waals surface area contributed by atoms with Crippen molar-refractivity contribution in [3.63, 3.8) is 0 Å². The van der Waals surface area contributed by atoms with Crippen LogP contribution in [0.4, 0.5) is 0 Å². The highest BCUT2D eigenvalue weighted by atomic mass is 16.5. The van der Waals surface area contributed by atoms with Crippen LogP contribution < -0.4 is 16.4 Å². The van der Waals surface area contributed by atoms with Gasteiger partial charge in [-0.3, -0.25) is 44.4 Å². The molecular formula is C43H84N6O10. The summed E-state index contributed by atoms with van der Waals surface area (Å²) in [5.41, 5.74) is 5.39. The quantitative estimate of drug-likeness (QED) is 0.0185. The van der Waals surface area contributed by atoms with Crippen molar-refractivity contribution in [3.05, 3.63) is 0 Å². The Balaban J connectivity index is 0. The summed E-state index contributed by atoms with van der Waals surface area (Å²) in [7, 11) is 0. The number of nitrogens with one attached hydrogen (secondary N) is 2. The molecule has 5 amide bonds. The third kappa shape index (κ3) is 42.6. The van der Waals surface area contributed by atoms with Crippen LogP contribution in [0.15, 0.2) is 0 Å². The minimum absolute atomic E-state index is 0.0191. The van der Waals surface area contributed by atoms with Crippen molar-refractivity contribution < 1.29 is 49.5 Å². The van der Waals surface area contributed by atoms with E-state index in [0.717, 1.165) is 32.1 Å². The van der Waals surface area contributed by atoms with Crippen LogP contribution in [0.3, 0.4) is 0 Å². The lowest BCUT2D eigenvalue weighted by Gasteiger charge is -2.15. The zero-order valence-electron chi connectivity index (χ0n) is 36.9. The Kier molecular flexibility index (Phi) is 41.9. The highest BCUT2D eigenvalue weighted by Crippen LogP contribution is 2.14. The van der Waals surface area contributed by atoms with E-state index in [4.69, 9.17) is 10.8 Å². The number of amides is 5. The predicted molar refractivity (Wildman–Crippen MR) is 228 cm³/mol. The van der Waals surface area contributed by atoms with Crippen LogP contribution in [-0.2, 0) is 28.8 Å². The number of aliphatic carboxylic acids is 1. The summed E-state index contributed by atoms with van der Waals surface area (Å²) >= 11 is 0. The van der Waals surface area contributed by atoms with Gasteiger partial charge in [-0.1, -0.05) is 103 Å². The number of nitrogens with two attached hydrogens (primary N) is 1. The minimum Gasteiger partial charge on any atom is -0.481 e. The number of carbonyl (C=O) groups is 6. The Labute approximate surface area is 355 Å². The van der Waals surface area contributed by atoms with E-state index in [9.17, 15) is 44.4 Å². The summed E-state index contributed by atoms with van der Waals surface area (Å²) in [6, 6.07) is 0. The van der Waals surface area contributed by atoms with E-state index in [1.165, 1.54) is 90.4 Å². The fourth-order valence-electron chi connectivity index (χ4n) is 6.10. The van der Waals surface area contributed by atoms with Crippen molar-refractivity contribution in [3.8, 4) is 0 Å². The molecule has 0 saturated carbocycles. The number of hydrogen-bond acceptors (Lipinski definition) is 10. The van der Waals surface area contributed by atoms with Crippen molar-refractivity contribution >= 4 is 35.5 Å². The lowest BCUT2D eigenvalue weighted by Crippen LogP contribution is -2.31. The second-order valence-corrected chi connectivity index (χ2v) is 15.4. The topological polar surface area (TPSA) is 243 Å². The van der Waals surface area contributed by atoms with Crippen LogP contribution in [-0.4, -0.2) is 111 Å². The second-order valence-electron chi connectivity index (χ2n) is 15.4. The molecule has 8 N–H and O–H groups in total. The maximum atomic E-state index is 12.0. The maximum absolute atomic E-state index is 12.0. The summed E-state index contributed by atoms with van der Waals surface area (Å²) in [5.74, 6) is -2.70. The zero-order valence-corrected chi connectivity index (χ0v) is 36.9. The summed E-state index contributed by atoms with van der Waals surface area (Å²) in [4.78, 5) is 68.7. The van der Waals surface area contributed by atoms with Crippen LogP contribution in [0.1, 0.15) is 200 Å². The molecule has 0 aromatic heterocycles. The molecule has 0 atom stereocenters. The largest absolute Gasteiger partial charge is 0.481 e. The number of rotatable bonds is 39. The van der Waals surface area contributed by atoms with Gasteiger partial charge in [0.2, 0.25) is 29.5 Å². The van der Waals surface area contributed by atoms with E-state index < -0.39 is 23.7 Å². The Hall–Kier alpha value is -3.34. The molecule has 0 aliphatic heterocycles. The summed E-state index contributed by atoms with van der Waals surface area (Å²) in [5, 5.41) is 44.6. The molecule has 16 heteroatoms. The number of carboxylic acids is 1. The first-order valence-electron chi connectivity index (χ1n) is 22.8. The summed E-state index contributed by atoms with van der Waals surface area (Å²) < 4.78 is 0. The van der Waals surface area contributed by atoms with E-state index >= 15 is 0 Å². The molecule has 16 nitrogen and oxygen atoms in total. The average Bonchev–Trinajstić information content (AvgIpc) is 3.21. The fourth-order valence-corrected chi connectivity index (χ4v) is 6.10. The highest BCUT2D eigenvalue weighted by Gasteiger charge is 2.14. The van der Waals surface area contributed by atoms with Gasteiger partial charge in [0.1, 0.15) is 0 Å². The third-order valence-electron chi connectivity index (χ3n) is 9.88. The normalized spacial score (nSPS) is 10.7. The first kappa shape index (κ1) is 57.8. The number of unbranched alkanes of at least 4 members (excludes halogenated alkanes) is 20. The molecule has 0 aliphatic rings. The lowest BCUT2D eigenvalue weighted by molar-refractivity contribution is -0.166. The molecule has 0 bridgehead atoms. The van der Waals surface area contributed by atoms with Crippen molar-refractivity contribution in [1.82, 2.24) is 25.8 Å². The number of nitrogens with zero attached hydrogens (tertiary/aromatic N) is 3. The van der Waals surface area contributed by atoms with E-state index in [-0.39, 0.29) is 57.1 Å². The molecule has 0 fully saturated rings. The Morgan fingerprint density at radius 3 is 1.14 bits per heavy atom.